The Morgan fingerprint density at radius 3 is 2.48 bits per heavy atom. The Morgan fingerprint density at radius 2 is 1.84 bits per heavy atom. The van der Waals surface area contributed by atoms with Crippen LogP contribution in [0.5, 0.6) is 11.5 Å². The minimum atomic E-state index is -3.91. The number of benzene rings is 2. The van der Waals surface area contributed by atoms with Crippen LogP contribution in [0.3, 0.4) is 0 Å². The molecule has 5 amide bonds. The fourth-order valence-electron chi connectivity index (χ4n) is 7.21. The first-order valence-corrected chi connectivity index (χ1v) is 21.7. The van der Waals surface area contributed by atoms with Crippen LogP contribution < -0.4 is 30.1 Å². The van der Waals surface area contributed by atoms with E-state index in [0.717, 1.165) is 5.56 Å². The van der Waals surface area contributed by atoms with Gasteiger partial charge >= 0.3 is 6.03 Å². The number of aromatic nitrogens is 1. The highest BCUT2D eigenvalue weighted by atomic mass is 32.2. The predicted molar refractivity (Wildman–Crippen MR) is 221 cm³/mol. The second-order valence-corrected chi connectivity index (χ2v) is 18.9. The van der Waals surface area contributed by atoms with Gasteiger partial charge in [-0.05, 0) is 48.3 Å². The third-order valence-electron chi connectivity index (χ3n) is 11.0. The largest absolute Gasteiger partial charge is 0.497 e. The van der Waals surface area contributed by atoms with Crippen molar-refractivity contribution in [3.63, 3.8) is 0 Å². The maximum atomic E-state index is 14.4. The van der Waals surface area contributed by atoms with E-state index in [9.17, 15) is 27.6 Å². The summed E-state index contributed by atoms with van der Waals surface area (Å²) < 4.78 is 39.9. The molecule has 306 valence electrons. The van der Waals surface area contributed by atoms with Gasteiger partial charge in [0.1, 0.15) is 29.2 Å². The van der Waals surface area contributed by atoms with E-state index >= 15 is 0 Å². The monoisotopic (exact) mass is 828 g/mol. The van der Waals surface area contributed by atoms with Crippen LogP contribution in [-0.2, 0) is 19.6 Å². The highest BCUT2D eigenvalue weighted by molar-refractivity contribution is 7.91. The van der Waals surface area contributed by atoms with Crippen molar-refractivity contribution in [1.82, 2.24) is 30.6 Å². The molecule has 3 aliphatic rings. The van der Waals surface area contributed by atoms with Crippen molar-refractivity contribution in [3.05, 3.63) is 89.6 Å². The van der Waals surface area contributed by atoms with Gasteiger partial charge in [0, 0.05) is 52.9 Å². The number of amides is 5. The Kier molecular flexibility index (Phi) is 11.3. The zero-order chi connectivity index (χ0) is 41.4. The van der Waals surface area contributed by atoms with E-state index in [2.05, 4.69) is 27.3 Å². The molecule has 1 unspecified atom stereocenters. The summed E-state index contributed by atoms with van der Waals surface area (Å²) in [6.45, 7) is 9.70. The lowest BCUT2D eigenvalue weighted by Gasteiger charge is -2.34. The summed E-state index contributed by atoms with van der Waals surface area (Å²) in [5.74, 6) is -1.18. The number of methoxy groups -OCH3 is 1. The van der Waals surface area contributed by atoms with Crippen molar-refractivity contribution >= 4 is 56.0 Å². The molecule has 2 aliphatic carbocycles. The zero-order valence-electron chi connectivity index (χ0n) is 32.8. The number of fused-ring (bicyclic) bond motifs is 1. The normalized spacial score (nSPS) is 22.1. The molecule has 14 nitrogen and oxygen atoms in total. The SMILES string of the molecule is C=C[C@@H]1C[C@]1(NC(=O)C1C[C@@H](Oc2cc(-c3ccccc3)nc3cc(OC)ccc23)CN1C(=O)N[C@H](CNC(=O)c1ccsc1)C(C)(C)C)C(=O)NS(=O)(=O)C1CC1. The highest BCUT2D eigenvalue weighted by Crippen LogP contribution is 2.45. The van der Waals surface area contributed by atoms with Gasteiger partial charge in [0.15, 0.2) is 0 Å². The fourth-order valence-corrected chi connectivity index (χ4v) is 9.21. The first-order chi connectivity index (χ1) is 27.6. The number of pyridine rings is 1. The molecule has 1 aliphatic heterocycles. The number of carbonyl (C=O) groups is 4. The van der Waals surface area contributed by atoms with Gasteiger partial charge in [-0.3, -0.25) is 19.1 Å². The molecule has 58 heavy (non-hydrogen) atoms. The lowest BCUT2D eigenvalue weighted by molar-refractivity contribution is -0.131. The summed E-state index contributed by atoms with van der Waals surface area (Å²) in [4.78, 5) is 61.5. The Bertz CT molecular complexity index is 2330. The van der Waals surface area contributed by atoms with Gasteiger partial charge in [0.25, 0.3) is 11.8 Å². The smallest absolute Gasteiger partial charge is 0.318 e. The van der Waals surface area contributed by atoms with Crippen LogP contribution in [0.15, 0.2) is 84.1 Å². The van der Waals surface area contributed by atoms with Crippen molar-refractivity contribution in [2.45, 2.75) is 75.4 Å². The van der Waals surface area contributed by atoms with E-state index < -0.39 is 68.2 Å². The second-order valence-electron chi connectivity index (χ2n) is 16.2. The second kappa shape index (κ2) is 16.0. The molecule has 0 bridgehead atoms. The summed E-state index contributed by atoms with van der Waals surface area (Å²) in [5, 5.41) is 12.4. The molecule has 2 aromatic heterocycles. The van der Waals surface area contributed by atoms with Crippen LogP contribution in [-0.4, -0.2) is 91.2 Å². The molecule has 4 aromatic rings. The number of thiophene rings is 1. The van der Waals surface area contributed by atoms with Gasteiger partial charge in [0.2, 0.25) is 15.9 Å². The molecule has 16 heteroatoms. The van der Waals surface area contributed by atoms with Gasteiger partial charge in [-0.15, -0.1) is 6.58 Å². The Balaban J connectivity index is 1.18. The summed E-state index contributed by atoms with van der Waals surface area (Å²) in [5.41, 5.74) is 0.568. The third kappa shape index (κ3) is 8.67. The number of nitrogens with zero attached hydrogens (tertiary/aromatic N) is 2. The van der Waals surface area contributed by atoms with Crippen LogP contribution in [0, 0.1) is 11.3 Å². The maximum Gasteiger partial charge on any atom is 0.318 e. The molecule has 5 atom stereocenters. The molecule has 3 heterocycles. The van der Waals surface area contributed by atoms with E-state index in [1.807, 2.05) is 74.7 Å². The van der Waals surface area contributed by atoms with Crippen LogP contribution in [0.2, 0.25) is 0 Å². The number of rotatable bonds is 14. The van der Waals surface area contributed by atoms with Gasteiger partial charge in [0.05, 0.1) is 36.2 Å². The van der Waals surface area contributed by atoms with Crippen LogP contribution in [0.25, 0.3) is 22.2 Å². The van der Waals surface area contributed by atoms with Crippen LogP contribution in [0.4, 0.5) is 4.79 Å². The molecule has 1 saturated heterocycles. The molecule has 0 spiro atoms. The van der Waals surface area contributed by atoms with E-state index in [1.54, 1.807) is 24.6 Å². The minimum absolute atomic E-state index is 0.0111. The molecule has 2 saturated carbocycles. The van der Waals surface area contributed by atoms with E-state index in [-0.39, 0.29) is 31.8 Å². The number of urea groups is 1. The Labute approximate surface area is 341 Å². The summed E-state index contributed by atoms with van der Waals surface area (Å²) in [6.07, 6.45) is 1.94. The number of likely N-dealkylation sites (tertiary alicyclic amines) is 1. The summed E-state index contributed by atoms with van der Waals surface area (Å²) in [6, 6.07) is 16.3. The lowest BCUT2D eigenvalue weighted by Crippen LogP contribution is -2.59. The fraction of sp³-hybridized carbons (Fsp3) is 0.405. The average molecular weight is 829 g/mol. The van der Waals surface area contributed by atoms with E-state index in [4.69, 9.17) is 14.5 Å². The first-order valence-electron chi connectivity index (χ1n) is 19.2. The molecular weight excluding hydrogens is 781 g/mol. The highest BCUT2D eigenvalue weighted by Gasteiger charge is 2.62. The van der Waals surface area contributed by atoms with Gasteiger partial charge in [-0.1, -0.05) is 57.2 Å². The zero-order valence-corrected chi connectivity index (χ0v) is 34.5. The molecule has 7 rings (SSSR count). The van der Waals surface area contributed by atoms with Gasteiger partial charge < -0.3 is 30.3 Å². The number of hydrogen-bond acceptors (Lipinski definition) is 10. The average Bonchev–Trinajstić information content (AvgIpc) is 4.07. The van der Waals surface area contributed by atoms with E-state index in [1.165, 1.54) is 22.3 Å². The quantitative estimate of drug-likeness (QED) is 0.127. The molecule has 4 N–H and O–H groups in total. The lowest BCUT2D eigenvalue weighted by atomic mass is 9.86. The molecule has 2 aromatic carbocycles. The number of hydrogen-bond donors (Lipinski definition) is 4. The molecule has 3 fully saturated rings. The molecule has 0 radical (unpaired) electrons. The van der Waals surface area contributed by atoms with Crippen molar-refractivity contribution in [3.8, 4) is 22.8 Å². The number of sulfonamides is 1. The van der Waals surface area contributed by atoms with Crippen molar-refractivity contribution < 1.29 is 37.1 Å². The van der Waals surface area contributed by atoms with Crippen LogP contribution >= 0.6 is 11.3 Å². The first kappa shape index (κ1) is 40.7. The Morgan fingerprint density at radius 1 is 1.09 bits per heavy atom. The van der Waals surface area contributed by atoms with Crippen molar-refractivity contribution in [2.75, 3.05) is 20.2 Å². The standard InChI is InChI=1S/C42H48N6O8S2/c1-6-27-21-42(27,39(51)47-58(53,54)30-13-14-30)46-38(50)34-19-29(23-48(34)40(52)45-36(41(2,3)4)22-43-37(49)26-16-17-57-24-26)56-35-20-32(25-10-8-7-9-11-25)44-33-18-28(55-5)12-15-31(33)35/h6-12,15-18,20,24,27,29-30,34,36H,1,13-14,19,21-23H2,2-5H3,(H,43,49)(H,45,52)(H,46,50)(H,47,51)/t27-,29-,34?,36-,42-/m1/s1. The molecular formula is C42H48N6O8S2. The van der Waals surface area contributed by atoms with E-state index in [0.29, 0.717) is 46.5 Å². The van der Waals surface area contributed by atoms with Crippen molar-refractivity contribution in [2.24, 2.45) is 11.3 Å². The number of carbonyl (C=O) groups excluding carboxylic acids is 4. The summed E-state index contributed by atoms with van der Waals surface area (Å²) in [7, 11) is -2.33. The third-order valence-corrected chi connectivity index (χ3v) is 13.5. The van der Waals surface area contributed by atoms with Crippen molar-refractivity contribution in [1.29, 1.82) is 0 Å². The van der Waals surface area contributed by atoms with Gasteiger partial charge in [-0.25, -0.2) is 18.2 Å². The number of ether oxygens (including phenoxy) is 2. The Hall–Kier alpha value is -5.48. The number of nitrogens with one attached hydrogen (secondary N) is 4. The maximum absolute atomic E-state index is 14.4. The topological polar surface area (TPSA) is 185 Å². The summed E-state index contributed by atoms with van der Waals surface area (Å²) >= 11 is 1.40. The van der Waals surface area contributed by atoms with Gasteiger partial charge in [-0.2, -0.15) is 11.3 Å². The van der Waals surface area contributed by atoms with Crippen LogP contribution in [0.1, 0.15) is 56.8 Å². The predicted octanol–water partition coefficient (Wildman–Crippen LogP) is 5.02. The minimum Gasteiger partial charge on any atom is -0.497 e.